The van der Waals surface area contributed by atoms with Crippen LogP contribution in [0, 0.1) is 0 Å². The van der Waals surface area contributed by atoms with Gasteiger partial charge < -0.3 is 13.6 Å². The van der Waals surface area contributed by atoms with Crippen molar-refractivity contribution in [3.63, 3.8) is 0 Å². The molecule has 0 saturated heterocycles. The third-order valence-corrected chi connectivity index (χ3v) is 4.53. The number of carbonyl (C=O) groups is 1. The third kappa shape index (κ3) is 3.52. The highest BCUT2D eigenvalue weighted by molar-refractivity contribution is 7.19. The van der Waals surface area contributed by atoms with E-state index in [9.17, 15) is 4.79 Å². The Labute approximate surface area is 153 Å². The summed E-state index contributed by atoms with van der Waals surface area (Å²) in [6.07, 6.45) is 2.59. The molecule has 1 amide bonds. The molecule has 6 nitrogen and oxygen atoms in total. The van der Waals surface area contributed by atoms with Gasteiger partial charge in [0, 0.05) is 0 Å². The molecular formula is C19H14N2O4S. The molecule has 0 aliphatic carbocycles. The van der Waals surface area contributed by atoms with E-state index in [4.69, 9.17) is 13.6 Å². The fraction of sp³-hybridized carbons (Fsp3) is 0.0526. The summed E-state index contributed by atoms with van der Waals surface area (Å²) in [5.41, 5.74) is 1.52. The highest BCUT2D eigenvalue weighted by atomic mass is 32.1. The number of hydrogen-bond donors (Lipinski definition) is 1. The first-order chi connectivity index (χ1) is 12.8. The van der Waals surface area contributed by atoms with Crippen molar-refractivity contribution in [2.24, 2.45) is 0 Å². The molecule has 0 unspecified atom stereocenters. The fourth-order valence-electron chi connectivity index (χ4n) is 2.38. The van der Waals surface area contributed by atoms with Crippen LogP contribution < -0.4 is 5.32 Å². The maximum absolute atomic E-state index is 12.1. The predicted octanol–water partition coefficient (Wildman–Crippen LogP) is 5.41. The van der Waals surface area contributed by atoms with E-state index in [2.05, 4.69) is 10.3 Å². The molecule has 1 N–H and O–H groups in total. The number of thiazole rings is 1. The molecule has 130 valence electrons. The average Bonchev–Trinajstić information content (AvgIpc) is 3.41. The van der Waals surface area contributed by atoms with E-state index in [1.54, 1.807) is 30.7 Å². The molecule has 1 aromatic carbocycles. The molecular weight excluding hydrogens is 352 g/mol. The number of furan rings is 2. The fourth-order valence-corrected chi connectivity index (χ4v) is 3.30. The van der Waals surface area contributed by atoms with Gasteiger partial charge in [0.2, 0.25) is 0 Å². The number of nitrogens with zero attached hydrogens (tertiary/aromatic N) is 1. The van der Waals surface area contributed by atoms with Crippen LogP contribution in [0.5, 0.6) is 0 Å². The van der Waals surface area contributed by atoms with E-state index in [0.717, 1.165) is 10.4 Å². The highest BCUT2D eigenvalue weighted by Gasteiger charge is 2.20. The Kier molecular flexibility index (Phi) is 4.53. The summed E-state index contributed by atoms with van der Waals surface area (Å²) in [6.45, 7) is 0.189. The van der Waals surface area contributed by atoms with Crippen molar-refractivity contribution in [1.82, 2.24) is 4.98 Å². The van der Waals surface area contributed by atoms with Gasteiger partial charge in [-0.3, -0.25) is 5.32 Å². The summed E-state index contributed by atoms with van der Waals surface area (Å²) in [7, 11) is 0. The Bertz CT molecular complexity index is 924. The van der Waals surface area contributed by atoms with Crippen molar-refractivity contribution in [3.05, 3.63) is 72.7 Å². The summed E-state index contributed by atoms with van der Waals surface area (Å²) in [5, 5.41) is 3.06. The number of ether oxygens (including phenoxy) is 1. The number of carbonyl (C=O) groups excluding carboxylic acids is 1. The number of anilines is 1. The normalized spacial score (nSPS) is 10.6. The van der Waals surface area contributed by atoms with Crippen molar-refractivity contribution in [1.29, 1.82) is 0 Å². The largest absolute Gasteiger partial charge is 0.463 e. The number of hydrogen-bond acceptors (Lipinski definition) is 6. The van der Waals surface area contributed by atoms with Crippen LogP contribution in [0.15, 0.2) is 76.0 Å². The van der Waals surface area contributed by atoms with Crippen molar-refractivity contribution in [3.8, 4) is 22.1 Å². The summed E-state index contributed by atoms with van der Waals surface area (Å²) in [6, 6.07) is 16.7. The lowest BCUT2D eigenvalue weighted by molar-refractivity contribution is 0.155. The Morgan fingerprint density at radius 3 is 2.42 bits per heavy atom. The quantitative estimate of drug-likeness (QED) is 0.511. The number of benzene rings is 1. The summed E-state index contributed by atoms with van der Waals surface area (Å²) in [5.74, 6) is 1.25. The molecule has 0 atom stereocenters. The van der Waals surface area contributed by atoms with Gasteiger partial charge in [-0.25, -0.2) is 9.78 Å². The second-order valence-electron chi connectivity index (χ2n) is 5.34. The van der Waals surface area contributed by atoms with Gasteiger partial charge >= 0.3 is 6.09 Å². The van der Waals surface area contributed by atoms with Gasteiger partial charge in [0.05, 0.1) is 12.5 Å². The molecule has 7 heteroatoms. The molecule has 26 heavy (non-hydrogen) atoms. The zero-order valence-corrected chi connectivity index (χ0v) is 14.4. The monoisotopic (exact) mass is 366 g/mol. The van der Waals surface area contributed by atoms with Crippen LogP contribution in [-0.2, 0) is 11.3 Å². The second kappa shape index (κ2) is 7.28. The first-order valence-electron chi connectivity index (χ1n) is 7.86. The van der Waals surface area contributed by atoms with Gasteiger partial charge in [-0.05, 0) is 29.8 Å². The van der Waals surface area contributed by atoms with E-state index in [1.165, 1.54) is 11.3 Å². The van der Waals surface area contributed by atoms with Crippen LogP contribution >= 0.6 is 11.3 Å². The van der Waals surface area contributed by atoms with Crippen LogP contribution in [0.3, 0.4) is 0 Å². The SMILES string of the molecule is O=C(Nc1nc(-c2ccco2)c(-c2ccco2)s1)OCc1ccccc1. The minimum absolute atomic E-state index is 0.189. The first kappa shape index (κ1) is 16.2. The summed E-state index contributed by atoms with van der Waals surface area (Å²) >= 11 is 1.29. The molecule has 0 aliphatic rings. The maximum atomic E-state index is 12.1. The molecule has 0 bridgehead atoms. The molecule has 0 saturated carbocycles. The minimum atomic E-state index is -0.570. The van der Waals surface area contributed by atoms with E-state index in [-0.39, 0.29) is 6.61 Å². The Hall–Kier alpha value is -3.32. The lowest BCUT2D eigenvalue weighted by Gasteiger charge is -2.04. The van der Waals surface area contributed by atoms with Gasteiger partial charge in [-0.2, -0.15) is 0 Å². The van der Waals surface area contributed by atoms with E-state index >= 15 is 0 Å². The molecule has 3 heterocycles. The van der Waals surface area contributed by atoms with Crippen LogP contribution in [0.1, 0.15) is 5.56 Å². The van der Waals surface area contributed by atoms with Gasteiger partial charge in [-0.15, -0.1) is 0 Å². The topological polar surface area (TPSA) is 77.5 Å². The van der Waals surface area contributed by atoms with Crippen LogP contribution in [0.2, 0.25) is 0 Å². The van der Waals surface area contributed by atoms with E-state index < -0.39 is 6.09 Å². The smallest absolute Gasteiger partial charge is 0.413 e. The van der Waals surface area contributed by atoms with Crippen LogP contribution in [0.25, 0.3) is 22.1 Å². The molecule has 4 rings (SSSR count). The summed E-state index contributed by atoms with van der Waals surface area (Å²) < 4.78 is 16.1. The average molecular weight is 366 g/mol. The van der Waals surface area contributed by atoms with Crippen LogP contribution in [0.4, 0.5) is 9.93 Å². The highest BCUT2D eigenvalue weighted by Crippen LogP contribution is 2.39. The third-order valence-electron chi connectivity index (χ3n) is 3.55. The molecule has 0 aliphatic heterocycles. The van der Waals surface area contributed by atoms with Gasteiger partial charge in [0.15, 0.2) is 10.9 Å². The standard InChI is InChI=1S/C19H14N2O4S/c22-19(25-12-13-6-2-1-3-7-13)21-18-20-16(14-8-4-10-23-14)17(26-18)15-9-5-11-24-15/h1-11H,12H2,(H,20,21,22). The zero-order chi connectivity index (χ0) is 17.8. The number of rotatable bonds is 5. The first-order valence-corrected chi connectivity index (χ1v) is 8.67. The van der Waals surface area contributed by atoms with Crippen molar-refractivity contribution in [2.75, 3.05) is 5.32 Å². The zero-order valence-electron chi connectivity index (χ0n) is 13.5. The van der Waals surface area contributed by atoms with Gasteiger partial charge in [0.25, 0.3) is 0 Å². The van der Waals surface area contributed by atoms with Crippen molar-refractivity contribution >= 4 is 22.6 Å². The van der Waals surface area contributed by atoms with Crippen molar-refractivity contribution in [2.45, 2.75) is 6.61 Å². The minimum Gasteiger partial charge on any atom is -0.463 e. The molecule has 3 aromatic heterocycles. The van der Waals surface area contributed by atoms with Gasteiger partial charge in [0.1, 0.15) is 22.9 Å². The molecule has 0 spiro atoms. The molecule has 4 aromatic rings. The molecule has 0 fully saturated rings. The van der Waals surface area contributed by atoms with E-state index in [0.29, 0.717) is 22.3 Å². The Balaban J connectivity index is 1.52. The summed E-state index contributed by atoms with van der Waals surface area (Å²) in [4.78, 5) is 17.3. The lowest BCUT2D eigenvalue weighted by Crippen LogP contribution is -2.13. The van der Waals surface area contributed by atoms with Crippen molar-refractivity contribution < 1.29 is 18.4 Å². The lowest BCUT2D eigenvalue weighted by atomic mass is 10.2. The molecule has 0 radical (unpaired) electrons. The van der Waals surface area contributed by atoms with Gasteiger partial charge in [-0.1, -0.05) is 41.7 Å². The van der Waals surface area contributed by atoms with E-state index in [1.807, 2.05) is 36.4 Å². The predicted molar refractivity (Wildman–Crippen MR) is 97.8 cm³/mol. The number of nitrogens with one attached hydrogen (secondary N) is 1. The number of amides is 1. The Morgan fingerprint density at radius 2 is 1.73 bits per heavy atom. The number of aromatic nitrogens is 1. The Morgan fingerprint density at radius 1 is 1.00 bits per heavy atom. The maximum Gasteiger partial charge on any atom is 0.413 e. The second-order valence-corrected chi connectivity index (χ2v) is 6.34. The van der Waals surface area contributed by atoms with Crippen LogP contribution in [-0.4, -0.2) is 11.1 Å².